The van der Waals surface area contributed by atoms with Gasteiger partial charge in [-0.25, -0.2) is 14.8 Å². The Morgan fingerprint density at radius 2 is 1.88 bits per heavy atom. The number of rotatable bonds is 8. The number of methoxy groups -OCH3 is 1. The summed E-state index contributed by atoms with van der Waals surface area (Å²) in [6, 6.07) is 15.7. The average molecular weight is 449 g/mol. The Bertz CT molecular complexity index is 1080. The fourth-order valence-electron chi connectivity index (χ4n) is 3.42. The minimum absolute atomic E-state index is 0.339. The fraction of sp³-hybridized carbons (Fsp3) is 0.280. The van der Waals surface area contributed by atoms with Crippen molar-refractivity contribution in [1.82, 2.24) is 15.3 Å². The van der Waals surface area contributed by atoms with Crippen LogP contribution in [0.5, 0.6) is 0 Å². The highest BCUT2D eigenvalue weighted by Crippen LogP contribution is 2.25. The number of aromatic nitrogens is 2. The second-order valence-electron chi connectivity index (χ2n) is 7.38. The van der Waals surface area contributed by atoms with Crippen molar-refractivity contribution >= 4 is 29.2 Å². The van der Waals surface area contributed by atoms with E-state index in [2.05, 4.69) is 34.7 Å². The summed E-state index contributed by atoms with van der Waals surface area (Å²) in [6.45, 7) is 2.17. The molecule has 0 amide bonds. The van der Waals surface area contributed by atoms with Crippen molar-refractivity contribution < 1.29 is 9.53 Å². The van der Waals surface area contributed by atoms with Crippen molar-refractivity contribution in [3.8, 4) is 11.1 Å². The number of aryl methyl sites for hydroxylation is 1. The maximum absolute atomic E-state index is 12.1. The summed E-state index contributed by atoms with van der Waals surface area (Å²) >= 11 is 5.16. The first kappa shape index (κ1) is 23.3. The summed E-state index contributed by atoms with van der Waals surface area (Å²) in [5, 5.41) is 6.37. The lowest BCUT2D eigenvalue weighted by atomic mass is 9.96. The molecule has 0 radical (unpaired) electrons. The highest BCUT2D eigenvalue weighted by molar-refractivity contribution is 7.80. The second kappa shape index (κ2) is 11.3. The van der Waals surface area contributed by atoms with Crippen LogP contribution in [-0.2, 0) is 17.6 Å². The van der Waals surface area contributed by atoms with E-state index in [0.717, 1.165) is 53.6 Å². The third-order valence-electron chi connectivity index (χ3n) is 5.17. The SMILES string of the molecule is CCCCc1nc(NC(=S)NC)ncc1Cc1ccc(-c2ccccc2C(=O)OC)cc1. The van der Waals surface area contributed by atoms with Gasteiger partial charge >= 0.3 is 5.97 Å². The van der Waals surface area contributed by atoms with Crippen LogP contribution in [0.2, 0.25) is 0 Å². The smallest absolute Gasteiger partial charge is 0.338 e. The van der Waals surface area contributed by atoms with Gasteiger partial charge in [0.1, 0.15) is 0 Å². The van der Waals surface area contributed by atoms with Gasteiger partial charge in [-0.2, -0.15) is 0 Å². The molecular formula is C25H28N4O2S. The molecule has 0 aliphatic carbocycles. The maximum Gasteiger partial charge on any atom is 0.338 e. The number of carbonyl (C=O) groups excluding carboxylic acids is 1. The summed E-state index contributed by atoms with van der Waals surface area (Å²) in [7, 11) is 3.16. The van der Waals surface area contributed by atoms with Crippen LogP contribution >= 0.6 is 12.2 Å². The van der Waals surface area contributed by atoms with E-state index in [0.29, 0.717) is 16.6 Å². The van der Waals surface area contributed by atoms with Crippen LogP contribution in [0.25, 0.3) is 11.1 Å². The molecule has 3 aromatic rings. The van der Waals surface area contributed by atoms with Crippen molar-refractivity contribution in [2.45, 2.75) is 32.6 Å². The fourth-order valence-corrected chi connectivity index (χ4v) is 3.51. The predicted octanol–water partition coefficient (Wildman–Crippen LogP) is 4.78. The minimum Gasteiger partial charge on any atom is -0.465 e. The number of hydrogen-bond donors (Lipinski definition) is 2. The molecule has 0 aliphatic heterocycles. The monoisotopic (exact) mass is 448 g/mol. The highest BCUT2D eigenvalue weighted by atomic mass is 32.1. The van der Waals surface area contributed by atoms with Crippen molar-refractivity contribution in [3.63, 3.8) is 0 Å². The molecule has 1 heterocycles. The summed E-state index contributed by atoms with van der Waals surface area (Å²) in [5.74, 6) is 0.169. The van der Waals surface area contributed by atoms with Gasteiger partial charge in [0.25, 0.3) is 0 Å². The Labute approximate surface area is 194 Å². The molecule has 0 fully saturated rings. The van der Waals surface area contributed by atoms with E-state index in [1.807, 2.05) is 36.5 Å². The lowest BCUT2D eigenvalue weighted by molar-refractivity contribution is 0.0601. The van der Waals surface area contributed by atoms with Gasteiger partial charge in [-0.05, 0) is 53.4 Å². The second-order valence-corrected chi connectivity index (χ2v) is 7.79. The standard InChI is InChI=1S/C25H28N4O2S/c1-4-5-10-22-19(16-27-24(28-22)29-25(32)26-2)15-17-11-13-18(14-12-17)20-8-6-7-9-21(20)23(30)31-3/h6-9,11-14,16H,4-5,10,15H2,1-3H3,(H2,26,27,28,29,32). The molecule has 2 N–H and O–H groups in total. The quantitative estimate of drug-likeness (QED) is 0.379. The molecule has 2 aromatic carbocycles. The molecule has 7 heteroatoms. The third kappa shape index (κ3) is 5.88. The van der Waals surface area contributed by atoms with Crippen LogP contribution in [0.4, 0.5) is 5.95 Å². The Morgan fingerprint density at radius 1 is 1.12 bits per heavy atom. The molecule has 0 saturated heterocycles. The predicted molar refractivity (Wildman–Crippen MR) is 132 cm³/mol. The number of benzene rings is 2. The molecule has 166 valence electrons. The van der Waals surface area contributed by atoms with E-state index < -0.39 is 0 Å². The molecule has 0 unspecified atom stereocenters. The maximum atomic E-state index is 12.1. The number of nitrogens with zero attached hydrogens (tertiary/aromatic N) is 2. The number of hydrogen-bond acceptors (Lipinski definition) is 5. The van der Waals surface area contributed by atoms with E-state index in [1.165, 1.54) is 7.11 Å². The first-order chi connectivity index (χ1) is 15.5. The zero-order valence-corrected chi connectivity index (χ0v) is 19.5. The molecule has 32 heavy (non-hydrogen) atoms. The van der Waals surface area contributed by atoms with E-state index in [9.17, 15) is 4.79 Å². The van der Waals surface area contributed by atoms with Crippen LogP contribution in [0.3, 0.4) is 0 Å². The van der Waals surface area contributed by atoms with Crippen LogP contribution in [0, 0.1) is 0 Å². The Balaban J connectivity index is 1.83. The van der Waals surface area contributed by atoms with Gasteiger partial charge in [-0.15, -0.1) is 0 Å². The van der Waals surface area contributed by atoms with Crippen LogP contribution < -0.4 is 10.6 Å². The summed E-state index contributed by atoms with van der Waals surface area (Å²) in [5.41, 5.74) is 5.66. The average Bonchev–Trinajstić information content (AvgIpc) is 2.83. The lowest BCUT2D eigenvalue weighted by Crippen LogP contribution is -2.25. The van der Waals surface area contributed by atoms with Crippen molar-refractivity contribution in [1.29, 1.82) is 0 Å². The largest absolute Gasteiger partial charge is 0.465 e. The van der Waals surface area contributed by atoms with Gasteiger partial charge in [-0.1, -0.05) is 55.8 Å². The summed E-state index contributed by atoms with van der Waals surface area (Å²) in [4.78, 5) is 21.2. The molecule has 0 atom stereocenters. The highest BCUT2D eigenvalue weighted by Gasteiger charge is 2.13. The molecule has 0 bridgehead atoms. The van der Waals surface area contributed by atoms with Crippen LogP contribution in [-0.4, -0.2) is 35.2 Å². The molecule has 0 saturated carbocycles. The molecule has 1 aromatic heterocycles. The first-order valence-electron chi connectivity index (χ1n) is 10.7. The number of carbonyl (C=O) groups is 1. The van der Waals surface area contributed by atoms with Gasteiger partial charge in [-0.3, -0.25) is 0 Å². The van der Waals surface area contributed by atoms with Gasteiger partial charge in [0.15, 0.2) is 5.11 Å². The number of anilines is 1. The zero-order chi connectivity index (χ0) is 22.9. The third-order valence-corrected chi connectivity index (χ3v) is 5.47. The van der Waals surface area contributed by atoms with E-state index in [4.69, 9.17) is 21.9 Å². The van der Waals surface area contributed by atoms with Gasteiger partial charge in [0.2, 0.25) is 5.95 Å². The van der Waals surface area contributed by atoms with Crippen LogP contribution in [0.1, 0.15) is 46.9 Å². The number of ether oxygens (including phenoxy) is 1. The Morgan fingerprint density at radius 3 is 2.56 bits per heavy atom. The van der Waals surface area contributed by atoms with Gasteiger partial charge in [0, 0.05) is 25.4 Å². The Hall–Kier alpha value is -3.32. The minimum atomic E-state index is -0.339. The van der Waals surface area contributed by atoms with Crippen molar-refractivity contribution in [3.05, 3.63) is 77.1 Å². The van der Waals surface area contributed by atoms with Crippen LogP contribution in [0.15, 0.2) is 54.7 Å². The van der Waals surface area contributed by atoms with Gasteiger partial charge in [0.05, 0.1) is 12.7 Å². The molecular weight excluding hydrogens is 420 g/mol. The molecule has 0 aliphatic rings. The van der Waals surface area contributed by atoms with E-state index in [1.54, 1.807) is 13.1 Å². The normalized spacial score (nSPS) is 10.5. The lowest BCUT2D eigenvalue weighted by Gasteiger charge is -2.12. The van der Waals surface area contributed by atoms with E-state index in [-0.39, 0.29) is 5.97 Å². The van der Waals surface area contributed by atoms with Crippen molar-refractivity contribution in [2.24, 2.45) is 0 Å². The Kier molecular flexibility index (Phi) is 8.27. The number of thiocarbonyl (C=S) groups is 1. The molecule has 0 spiro atoms. The molecule has 3 rings (SSSR count). The topological polar surface area (TPSA) is 76.1 Å². The number of esters is 1. The number of nitrogens with one attached hydrogen (secondary N) is 2. The zero-order valence-electron chi connectivity index (χ0n) is 18.6. The number of unbranched alkanes of at least 4 members (excludes halogenated alkanes) is 1. The summed E-state index contributed by atoms with van der Waals surface area (Å²) in [6.07, 6.45) is 5.65. The summed E-state index contributed by atoms with van der Waals surface area (Å²) < 4.78 is 4.92. The first-order valence-corrected chi connectivity index (χ1v) is 11.1. The van der Waals surface area contributed by atoms with Crippen molar-refractivity contribution in [2.75, 3.05) is 19.5 Å². The van der Waals surface area contributed by atoms with Gasteiger partial charge < -0.3 is 15.4 Å². The molecule has 6 nitrogen and oxygen atoms in total. The van der Waals surface area contributed by atoms with E-state index >= 15 is 0 Å².